The molecule has 2 aromatic carbocycles. The van der Waals surface area contributed by atoms with E-state index >= 15 is 0 Å². The smallest absolute Gasteiger partial charge is 0.273 e. The Morgan fingerprint density at radius 2 is 1.92 bits per heavy atom. The highest BCUT2D eigenvalue weighted by Gasteiger charge is 2.20. The normalized spacial score (nSPS) is 13.6. The summed E-state index contributed by atoms with van der Waals surface area (Å²) < 4.78 is 10.8. The maximum Gasteiger partial charge on any atom is 0.273 e. The van der Waals surface area contributed by atoms with Crippen LogP contribution < -0.4 is 14.8 Å². The fourth-order valence-corrected chi connectivity index (χ4v) is 3.01. The second kappa shape index (κ2) is 7.43. The molecule has 0 radical (unpaired) electrons. The highest BCUT2D eigenvalue weighted by atomic mass is 16.6. The number of fused-ring (bicyclic) bond motifs is 1. The van der Waals surface area contributed by atoms with Crippen LogP contribution in [0.4, 0.5) is 11.4 Å². The molecule has 0 heterocycles. The summed E-state index contributed by atoms with van der Waals surface area (Å²) >= 11 is 0. The molecule has 0 aliphatic heterocycles. The maximum atomic E-state index is 12.4. The van der Waals surface area contributed by atoms with Crippen LogP contribution in [0.2, 0.25) is 0 Å². The quantitative estimate of drug-likeness (QED) is 0.632. The molecule has 26 heavy (non-hydrogen) atoms. The summed E-state index contributed by atoms with van der Waals surface area (Å²) in [5.74, 6) is 0.141. The van der Waals surface area contributed by atoms with Crippen molar-refractivity contribution in [2.75, 3.05) is 12.4 Å². The van der Waals surface area contributed by atoms with Crippen LogP contribution in [0.15, 0.2) is 36.4 Å². The van der Waals surface area contributed by atoms with Crippen molar-refractivity contribution in [3.8, 4) is 11.5 Å². The van der Waals surface area contributed by atoms with E-state index < -0.39 is 11.0 Å². The van der Waals surface area contributed by atoms with Gasteiger partial charge in [-0.1, -0.05) is 6.07 Å². The Bertz CT molecular complexity index is 850. The topological polar surface area (TPSA) is 90.7 Å². The first kappa shape index (κ1) is 17.7. The van der Waals surface area contributed by atoms with Crippen LogP contribution in [0.3, 0.4) is 0 Å². The van der Waals surface area contributed by atoms with Crippen molar-refractivity contribution >= 4 is 17.3 Å². The Labute approximate surface area is 151 Å². The molecule has 0 saturated heterocycles. The van der Waals surface area contributed by atoms with Gasteiger partial charge >= 0.3 is 0 Å². The van der Waals surface area contributed by atoms with Crippen LogP contribution in [0.25, 0.3) is 0 Å². The molecule has 1 aliphatic carbocycles. The van der Waals surface area contributed by atoms with E-state index in [0.717, 1.165) is 24.9 Å². The van der Waals surface area contributed by atoms with Gasteiger partial charge in [-0.3, -0.25) is 14.9 Å². The number of nitro benzene ring substituents is 1. The second-order valence-corrected chi connectivity index (χ2v) is 6.18. The van der Waals surface area contributed by atoms with Gasteiger partial charge in [0.15, 0.2) is 17.6 Å². The van der Waals surface area contributed by atoms with Crippen molar-refractivity contribution in [2.24, 2.45) is 0 Å². The SMILES string of the molecule is COc1ccc([N+](=O)[O-])cc1OC(C)C(=O)Nc1ccc2c(c1)CCC2. The number of carbonyl (C=O) groups excluding carboxylic acids is 1. The van der Waals surface area contributed by atoms with Crippen LogP contribution in [-0.2, 0) is 17.6 Å². The molecule has 7 heteroatoms. The summed E-state index contributed by atoms with van der Waals surface area (Å²) in [6, 6.07) is 9.91. The largest absolute Gasteiger partial charge is 0.493 e. The van der Waals surface area contributed by atoms with Crippen LogP contribution in [0.5, 0.6) is 11.5 Å². The zero-order valence-electron chi connectivity index (χ0n) is 14.7. The van der Waals surface area contributed by atoms with Crippen LogP contribution in [0, 0.1) is 10.1 Å². The first-order valence-electron chi connectivity index (χ1n) is 8.39. The van der Waals surface area contributed by atoms with Crippen molar-refractivity contribution in [1.29, 1.82) is 0 Å². The summed E-state index contributed by atoms with van der Waals surface area (Å²) in [5.41, 5.74) is 3.18. The summed E-state index contributed by atoms with van der Waals surface area (Å²) in [5, 5.41) is 13.8. The number of nitro groups is 1. The number of aryl methyl sites for hydroxylation is 2. The second-order valence-electron chi connectivity index (χ2n) is 6.18. The molecular formula is C19H20N2O5. The standard InChI is InChI=1S/C19H20N2O5/c1-12(26-18-11-16(21(23)24)8-9-17(18)25-2)19(22)20-15-7-6-13-4-3-5-14(13)10-15/h6-12H,3-5H2,1-2H3,(H,20,22). The third-order valence-electron chi connectivity index (χ3n) is 4.40. The molecule has 0 saturated carbocycles. The van der Waals surface area contributed by atoms with Crippen molar-refractivity contribution in [1.82, 2.24) is 0 Å². The van der Waals surface area contributed by atoms with Crippen molar-refractivity contribution in [3.05, 3.63) is 57.6 Å². The molecule has 7 nitrogen and oxygen atoms in total. The first-order valence-corrected chi connectivity index (χ1v) is 8.39. The van der Waals surface area contributed by atoms with E-state index in [1.807, 2.05) is 18.2 Å². The Morgan fingerprint density at radius 1 is 1.15 bits per heavy atom. The fourth-order valence-electron chi connectivity index (χ4n) is 3.01. The van der Waals surface area contributed by atoms with Gasteiger partial charge in [0.25, 0.3) is 11.6 Å². The average Bonchev–Trinajstić information content (AvgIpc) is 3.09. The minimum Gasteiger partial charge on any atom is -0.493 e. The molecule has 0 spiro atoms. The number of rotatable bonds is 6. The monoisotopic (exact) mass is 356 g/mol. The van der Waals surface area contributed by atoms with Gasteiger partial charge in [0.1, 0.15) is 0 Å². The lowest BCUT2D eigenvalue weighted by Gasteiger charge is -2.17. The van der Waals surface area contributed by atoms with Crippen LogP contribution in [0.1, 0.15) is 24.5 Å². The highest BCUT2D eigenvalue weighted by Crippen LogP contribution is 2.32. The van der Waals surface area contributed by atoms with Gasteiger partial charge in [0.05, 0.1) is 18.1 Å². The average molecular weight is 356 g/mol. The van der Waals surface area contributed by atoms with Crippen molar-refractivity contribution in [2.45, 2.75) is 32.3 Å². The number of methoxy groups -OCH3 is 1. The zero-order chi connectivity index (χ0) is 18.7. The molecule has 0 fully saturated rings. The van der Waals surface area contributed by atoms with E-state index in [4.69, 9.17) is 9.47 Å². The molecule has 1 aliphatic rings. The Balaban J connectivity index is 1.71. The molecule has 3 rings (SSSR count). The number of non-ortho nitro benzene ring substituents is 1. The van der Waals surface area contributed by atoms with Gasteiger partial charge in [-0.25, -0.2) is 0 Å². The fraction of sp³-hybridized carbons (Fsp3) is 0.316. The number of amides is 1. The lowest BCUT2D eigenvalue weighted by molar-refractivity contribution is -0.385. The minimum atomic E-state index is -0.848. The first-order chi connectivity index (χ1) is 12.5. The van der Waals surface area contributed by atoms with E-state index in [9.17, 15) is 14.9 Å². The summed E-state index contributed by atoms with van der Waals surface area (Å²) in [7, 11) is 1.43. The Kier molecular flexibility index (Phi) is 5.06. The molecule has 0 bridgehead atoms. The Morgan fingerprint density at radius 3 is 2.65 bits per heavy atom. The lowest BCUT2D eigenvalue weighted by atomic mass is 10.1. The Hall–Kier alpha value is -3.09. The summed E-state index contributed by atoms with van der Waals surface area (Å²) in [6.07, 6.45) is 2.39. The molecular weight excluding hydrogens is 336 g/mol. The van der Waals surface area contributed by atoms with E-state index in [0.29, 0.717) is 5.75 Å². The van der Waals surface area contributed by atoms with Gasteiger partial charge in [0.2, 0.25) is 0 Å². The van der Waals surface area contributed by atoms with Crippen molar-refractivity contribution in [3.63, 3.8) is 0 Å². The minimum absolute atomic E-state index is 0.132. The zero-order valence-corrected chi connectivity index (χ0v) is 14.7. The molecule has 1 atom stereocenters. The number of hydrogen-bond donors (Lipinski definition) is 1. The third kappa shape index (κ3) is 3.77. The number of carbonyl (C=O) groups is 1. The van der Waals surface area contributed by atoms with Gasteiger partial charge in [-0.2, -0.15) is 0 Å². The predicted molar refractivity (Wildman–Crippen MR) is 96.8 cm³/mol. The summed E-state index contributed by atoms with van der Waals surface area (Å²) in [4.78, 5) is 22.8. The van der Waals surface area contributed by atoms with Crippen LogP contribution in [-0.4, -0.2) is 24.0 Å². The third-order valence-corrected chi connectivity index (χ3v) is 4.40. The van der Waals surface area contributed by atoms with Gasteiger partial charge in [0, 0.05) is 11.8 Å². The molecule has 1 unspecified atom stereocenters. The van der Waals surface area contributed by atoms with Gasteiger partial charge in [-0.15, -0.1) is 0 Å². The predicted octanol–water partition coefficient (Wildman–Crippen LogP) is 3.50. The van der Waals surface area contributed by atoms with E-state index in [2.05, 4.69) is 5.32 Å². The number of ether oxygens (including phenoxy) is 2. The molecule has 136 valence electrons. The van der Waals surface area contributed by atoms with E-state index in [1.165, 1.54) is 36.4 Å². The number of nitrogens with one attached hydrogen (secondary N) is 1. The lowest BCUT2D eigenvalue weighted by Crippen LogP contribution is -2.30. The molecule has 2 aromatic rings. The van der Waals surface area contributed by atoms with Gasteiger partial charge < -0.3 is 14.8 Å². The molecule has 1 amide bonds. The van der Waals surface area contributed by atoms with Crippen LogP contribution >= 0.6 is 0 Å². The van der Waals surface area contributed by atoms with E-state index in [1.54, 1.807) is 6.92 Å². The van der Waals surface area contributed by atoms with Gasteiger partial charge in [-0.05, 0) is 55.5 Å². The highest BCUT2D eigenvalue weighted by molar-refractivity contribution is 5.94. The van der Waals surface area contributed by atoms with Crippen molar-refractivity contribution < 1.29 is 19.2 Å². The number of benzene rings is 2. The molecule has 0 aromatic heterocycles. The number of nitrogens with zero attached hydrogens (tertiary/aromatic N) is 1. The maximum absolute atomic E-state index is 12.4. The summed E-state index contributed by atoms with van der Waals surface area (Å²) in [6.45, 7) is 1.58. The number of hydrogen-bond acceptors (Lipinski definition) is 5. The number of anilines is 1. The van der Waals surface area contributed by atoms with E-state index in [-0.39, 0.29) is 17.3 Å². The molecule has 1 N–H and O–H groups in total.